The zero-order chi connectivity index (χ0) is 12.5. The number of hydrogen-bond acceptors (Lipinski definition) is 5. The molecule has 2 N–H and O–H groups in total. The number of nitrogens with two attached hydrogens (primary N) is 1. The van der Waals surface area contributed by atoms with E-state index in [9.17, 15) is 13.2 Å². The first-order valence-electron chi connectivity index (χ1n) is 5.82. The van der Waals surface area contributed by atoms with Gasteiger partial charge in [-0.2, -0.15) is 0 Å². The van der Waals surface area contributed by atoms with E-state index in [1.807, 2.05) is 0 Å². The summed E-state index contributed by atoms with van der Waals surface area (Å²) in [6.07, 6.45) is 0.511. The number of carbonyl (C=O) groups is 1. The predicted octanol–water partition coefficient (Wildman–Crippen LogP) is -1.39. The van der Waals surface area contributed by atoms with Crippen LogP contribution >= 0.6 is 0 Å². The number of sulfone groups is 1. The normalized spacial score (nSPS) is 33.4. The highest BCUT2D eigenvalue weighted by atomic mass is 32.2. The number of amides is 1. The number of hydrogen-bond donors (Lipinski definition) is 1. The van der Waals surface area contributed by atoms with Crippen molar-refractivity contribution in [3.8, 4) is 0 Å². The van der Waals surface area contributed by atoms with Crippen LogP contribution in [0.5, 0.6) is 0 Å². The summed E-state index contributed by atoms with van der Waals surface area (Å²) in [7, 11) is -2.98. The summed E-state index contributed by atoms with van der Waals surface area (Å²) in [6, 6.07) is -0.262. The molecule has 2 unspecified atom stereocenters. The fraction of sp³-hybridized carbons (Fsp3) is 0.900. The van der Waals surface area contributed by atoms with E-state index in [1.54, 1.807) is 4.90 Å². The molecule has 0 aromatic carbocycles. The third kappa shape index (κ3) is 2.97. The molecule has 0 saturated carbocycles. The Morgan fingerprint density at radius 1 is 1.24 bits per heavy atom. The Morgan fingerprint density at radius 3 is 2.65 bits per heavy atom. The van der Waals surface area contributed by atoms with Gasteiger partial charge in [-0.25, -0.2) is 8.42 Å². The maximum absolute atomic E-state index is 12.1. The van der Waals surface area contributed by atoms with Gasteiger partial charge >= 0.3 is 0 Å². The minimum Gasteiger partial charge on any atom is -0.379 e. The van der Waals surface area contributed by atoms with Gasteiger partial charge in [-0.1, -0.05) is 0 Å². The van der Waals surface area contributed by atoms with Crippen molar-refractivity contribution in [2.24, 2.45) is 11.7 Å². The molecule has 2 aliphatic heterocycles. The van der Waals surface area contributed by atoms with Crippen LogP contribution in [0.1, 0.15) is 6.42 Å². The molecule has 2 fully saturated rings. The van der Waals surface area contributed by atoms with E-state index in [2.05, 4.69) is 0 Å². The Kier molecular flexibility index (Phi) is 3.70. The smallest absolute Gasteiger partial charge is 0.229 e. The highest BCUT2D eigenvalue weighted by molar-refractivity contribution is 7.91. The Bertz CT molecular complexity index is 395. The molecule has 0 bridgehead atoms. The van der Waals surface area contributed by atoms with E-state index >= 15 is 0 Å². The molecule has 2 saturated heterocycles. The molecule has 2 heterocycles. The second-order valence-electron chi connectivity index (χ2n) is 4.64. The monoisotopic (exact) mass is 262 g/mol. The van der Waals surface area contributed by atoms with Crippen LogP contribution in [-0.2, 0) is 19.4 Å². The van der Waals surface area contributed by atoms with Gasteiger partial charge in [-0.05, 0) is 6.42 Å². The minimum absolute atomic E-state index is 0.0571. The minimum atomic E-state index is -2.98. The molecule has 6 nitrogen and oxygen atoms in total. The molecule has 2 rings (SSSR count). The summed E-state index contributed by atoms with van der Waals surface area (Å²) in [4.78, 5) is 13.8. The van der Waals surface area contributed by atoms with Gasteiger partial charge in [0, 0.05) is 19.1 Å². The summed E-state index contributed by atoms with van der Waals surface area (Å²) in [5.74, 6) is -0.145. The van der Waals surface area contributed by atoms with Gasteiger partial charge in [0.2, 0.25) is 5.91 Å². The standard InChI is InChI=1S/C10H18N2O4S/c11-9-7-16-6-8(9)10(13)12-2-1-4-17(14,15)5-3-12/h8-9H,1-7,11H2. The Labute approximate surface area is 101 Å². The van der Waals surface area contributed by atoms with Gasteiger partial charge in [-0.15, -0.1) is 0 Å². The third-order valence-electron chi connectivity index (χ3n) is 3.31. The van der Waals surface area contributed by atoms with Gasteiger partial charge in [0.1, 0.15) is 0 Å². The summed E-state index contributed by atoms with van der Waals surface area (Å²) < 4.78 is 28.0. The lowest BCUT2D eigenvalue weighted by molar-refractivity contribution is -0.135. The van der Waals surface area contributed by atoms with Gasteiger partial charge < -0.3 is 15.4 Å². The highest BCUT2D eigenvalue weighted by Gasteiger charge is 2.35. The molecule has 98 valence electrons. The maximum Gasteiger partial charge on any atom is 0.229 e. The van der Waals surface area contributed by atoms with Crippen LogP contribution in [0.4, 0.5) is 0 Å². The molecule has 0 spiro atoms. The average molecular weight is 262 g/mol. The van der Waals surface area contributed by atoms with Crippen LogP contribution in [0.25, 0.3) is 0 Å². The van der Waals surface area contributed by atoms with Gasteiger partial charge in [0.15, 0.2) is 9.84 Å². The van der Waals surface area contributed by atoms with Crippen molar-refractivity contribution in [3.05, 3.63) is 0 Å². The molecule has 17 heavy (non-hydrogen) atoms. The zero-order valence-corrected chi connectivity index (χ0v) is 10.5. The first kappa shape index (κ1) is 12.8. The summed E-state index contributed by atoms with van der Waals surface area (Å²) in [6.45, 7) is 1.54. The lowest BCUT2D eigenvalue weighted by atomic mass is 10.0. The number of carbonyl (C=O) groups excluding carboxylic acids is 1. The first-order valence-corrected chi connectivity index (χ1v) is 7.64. The van der Waals surface area contributed by atoms with Crippen molar-refractivity contribution >= 4 is 15.7 Å². The molecule has 0 aliphatic carbocycles. The van der Waals surface area contributed by atoms with Crippen LogP contribution in [-0.4, -0.2) is 63.1 Å². The molecule has 0 radical (unpaired) electrons. The van der Waals surface area contributed by atoms with Crippen molar-refractivity contribution in [1.82, 2.24) is 4.90 Å². The molecule has 0 aromatic heterocycles. The van der Waals surface area contributed by atoms with Crippen molar-refractivity contribution in [1.29, 1.82) is 0 Å². The fourth-order valence-corrected chi connectivity index (χ4v) is 3.49. The molecule has 1 amide bonds. The second-order valence-corrected chi connectivity index (χ2v) is 6.94. The average Bonchev–Trinajstić information content (AvgIpc) is 2.59. The van der Waals surface area contributed by atoms with Crippen molar-refractivity contribution in [3.63, 3.8) is 0 Å². The van der Waals surface area contributed by atoms with Crippen molar-refractivity contribution < 1.29 is 17.9 Å². The Morgan fingerprint density at radius 2 is 2.00 bits per heavy atom. The highest BCUT2D eigenvalue weighted by Crippen LogP contribution is 2.16. The SMILES string of the molecule is NC1COCC1C(=O)N1CCCS(=O)(=O)CC1. The van der Waals surface area contributed by atoms with E-state index in [0.717, 1.165) is 0 Å². The predicted molar refractivity (Wildman–Crippen MR) is 62.1 cm³/mol. The molecule has 2 atom stereocenters. The topological polar surface area (TPSA) is 89.7 Å². The zero-order valence-electron chi connectivity index (χ0n) is 9.67. The fourth-order valence-electron chi connectivity index (χ4n) is 2.22. The number of ether oxygens (including phenoxy) is 1. The summed E-state index contributed by atoms with van der Waals surface area (Å²) in [5, 5.41) is 0. The Balaban J connectivity index is 2.00. The van der Waals surface area contributed by atoms with Crippen LogP contribution in [0, 0.1) is 5.92 Å². The number of nitrogens with zero attached hydrogens (tertiary/aromatic N) is 1. The lowest BCUT2D eigenvalue weighted by Gasteiger charge is -2.24. The molecular weight excluding hydrogens is 244 g/mol. The van der Waals surface area contributed by atoms with E-state index in [0.29, 0.717) is 26.2 Å². The quantitative estimate of drug-likeness (QED) is 0.628. The largest absolute Gasteiger partial charge is 0.379 e. The Hall–Kier alpha value is -0.660. The second kappa shape index (κ2) is 4.91. The molecule has 7 heteroatoms. The van der Waals surface area contributed by atoms with Gasteiger partial charge in [0.25, 0.3) is 0 Å². The van der Waals surface area contributed by atoms with E-state index in [1.165, 1.54) is 0 Å². The molecular formula is C10H18N2O4S. The van der Waals surface area contributed by atoms with Crippen LogP contribution in [0.3, 0.4) is 0 Å². The van der Waals surface area contributed by atoms with Crippen molar-refractivity contribution in [2.45, 2.75) is 12.5 Å². The van der Waals surface area contributed by atoms with E-state index in [4.69, 9.17) is 10.5 Å². The number of rotatable bonds is 1. The van der Waals surface area contributed by atoms with Gasteiger partial charge in [0.05, 0.1) is 30.6 Å². The summed E-state index contributed by atoms with van der Waals surface area (Å²) in [5.41, 5.74) is 5.79. The third-order valence-corrected chi connectivity index (χ3v) is 5.02. The molecule has 0 aromatic rings. The lowest BCUT2D eigenvalue weighted by Crippen LogP contribution is -2.44. The summed E-state index contributed by atoms with van der Waals surface area (Å²) >= 11 is 0. The maximum atomic E-state index is 12.1. The van der Waals surface area contributed by atoms with E-state index < -0.39 is 9.84 Å². The first-order chi connectivity index (χ1) is 7.99. The van der Waals surface area contributed by atoms with Crippen LogP contribution < -0.4 is 5.73 Å². The van der Waals surface area contributed by atoms with Crippen LogP contribution in [0.2, 0.25) is 0 Å². The van der Waals surface area contributed by atoms with E-state index in [-0.39, 0.29) is 35.9 Å². The van der Waals surface area contributed by atoms with Crippen molar-refractivity contribution in [2.75, 3.05) is 37.8 Å². The van der Waals surface area contributed by atoms with Crippen LogP contribution in [0.15, 0.2) is 0 Å². The van der Waals surface area contributed by atoms with Gasteiger partial charge in [-0.3, -0.25) is 4.79 Å². The molecule has 2 aliphatic rings.